The molecule has 0 atom stereocenters. The van der Waals surface area contributed by atoms with E-state index in [1.165, 1.54) is 0 Å². The third-order valence-electron chi connectivity index (χ3n) is 3.77. The van der Waals surface area contributed by atoms with Crippen LogP contribution in [0.25, 0.3) is 0 Å². The van der Waals surface area contributed by atoms with Gasteiger partial charge in [0.1, 0.15) is 0 Å². The number of rotatable bonds is 3. The number of nitrogens with one attached hydrogen (secondary N) is 1. The maximum absolute atomic E-state index is 11.9. The maximum Gasteiger partial charge on any atom is 0.238 e. The molecule has 0 aliphatic carbocycles. The fourth-order valence-electron chi connectivity index (χ4n) is 2.29. The lowest BCUT2D eigenvalue weighted by atomic mass is 9.83. The number of nitrogen functional groups attached to an aromatic ring is 1. The van der Waals surface area contributed by atoms with Crippen LogP contribution in [-0.2, 0) is 4.79 Å². The van der Waals surface area contributed by atoms with E-state index in [9.17, 15) is 4.79 Å². The maximum atomic E-state index is 11.9. The van der Waals surface area contributed by atoms with Crippen LogP contribution in [0.1, 0.15) is 26.7 Å². The normalized spacial score (nSPS) is 19.1. The van der Waals surface area contributed by atoms with E-state index < -0.39 is 0 Å². The van der Waals surface area contributed by atoms with Crippen molar-refractivity contribution >= 4 is 17.3 Å². The third kappa shape index (κ3) is 4.24. The summed E-state index contributed by atoms with van der Waals surface area (Å²) in [6, 6.07) is 7.23. The van der Waals surface area contributed by atoms with Gasteiger partial charge in [-0.25, -0.2) is 0 Å². The van der Waals surface area contributed by atoms with E-state index in [4.69, 9.17) is 5.73 Å². The van der Waals surface area contributed by atoms with Crippen LogP contribution in [0.15, 0.2) is 24.3 Å². The summed E-state index contributed by atoms with van der Waals surface area (Å²) in [6.45, 7) is 7.06. The zero-order chi connectivity index (χ0) is 13.9. The molecule has 2 rings (SSSR count). The molecule has 0 saturated carbocycles. The van der Waals surface area contributed by atoms with Crippen molar-refractivity contribution in [3.63, 3.8) is 0 Å². The van der Waals surface area contributed by atoms with Crippen molar-refractivity contribution in [1.29, 1.82) is 0 Å². The second-order valence-electron chi connectivity index (χ2n) is 6.11. The number of nitrogens with two attached hydrogens (primary N) is 1. The number of hydrogen-bond acceptors (Lipinski definition) is 3. The first-order valence-corrected chi connectivity index (χ1v) is 6.82. The molecule has 19 heavy (non-hydrogen) atoms. The summed E-state index contributed by atoms with van der Waals surface area (Å²) >= 11 is 0. The highest BCUT2D eigenvalue weighted by molar-refractivity contribution is 5.92. The number of anilines is 2. The Hall–Kier alpha value is -1.55. The van der Waals surface area contributed by atoms with Crippen LogP contribution >= 0.6 is 0 Å². The van der Waals surface area contributed by atoms with Crippen molar-refractivity contribution in [1.82, 2.24) is 4.90 Å². The standard InChI is InChI=1S/C15H23N3O/c1-15(2)7-9-18(10-8-15)11-14(19)17-13-5-3-12(16)4-6-13/h3-6H,7-11,16H2,1-2H3,(H,17,19). The molecule has 1 fully saturated rings. The molecule has 1 aromatic rings. The number of benzene rings is 1. The number of carbonyl (C=O) groups excluding carboxylic acids is 1. The third-order valence-corrected chi connectivity index (χ3v) is 3.77. The lowest BCUT2D eigenvalue weighted by Gasteiger charge is -2.36. The molecule has 1 amide bonds. The fraction of sp³-hybridized carbons (Fsp3) is 0.533. The van der Waals surface area contributed by atoms with Gasteiger partial charge in [0.2, 0.25) is 5.91 Å². The second-order valence-corrected chi connectivity index (χ2v) is 6.11. The molecule has 3 N–H and O–H groups in total. The number of amides is 1. The summed E-state index contributed by atoms with van der Waals surface area (Å²) in [5.41, 5.74) is 7.54. The Morgan fingerprint density at radius 1 is 1.26 bits per heavy atom. The van der Waals surface area contributed by atoms with E-state index in [1.54, 1.807) is 12.1 Å². The van der Waals surface area contributed by atoms with E-state index in [-0.39, 0.29) is 5.91 Å². The van der Waals surface area contributed by atoms with Crippen LogP contribution in [0.3, 0.4) is 0 Å². The van der Waals surface area contributed by atoms with Gasteiger partial charge < -0.3 is 11.1 Å². The van der Waals surface area contributed by atoms with Crippen molar-refractivity contribution < 1.29 is 4.79 Å². The molecule has 1 saturated heterocycles. The van der Waals surface area contributed by atoms with Gasteiger partial charge in [0.25, 0.3) is 0 Å². The van der Waals surface area contributed by atoms with Crippen LogP contribution < -0.4 is 11.1 Å². The predicted molar refractivity (Wildman–Crippen MR) is 78.9 cm³/mol. The molecule has 1 aliphatic heterocycles. The predicted octanol–water partition coefficient (Wildman–Crippen LogP) is 2.33. The van der Waals surface area contributed by atoms with E-state index in [0.29, 0.717) is 17.6 Å². The molecule has 0 aromatic heterocycles. The molecule has 1 heterocycles. The molecular formula is C15H23N3O. The Balaban J connectivity index is 1.80. The molecule has 0 unspecified atom stereocenters. The van der Waals surface area contributed by atoms with E-state index in [1.807, 2.05) is 12.1 Å². The summed E-state index contributed by atoms with van der Waals surface area (Å²) in [4.78, 5) is 14.2. The Labute approximate surface area is 115 Å². The summed E-state index contributed by atoms with van der Waals surface area (Å²) in [5, 5.41) is 2.90. The van der Waals surface area contributed by atoms with Gasteiger partial charge in [0.05, 0.1) is 6.54 Å². The highest BCUT2D eigenvalue weighted by Crippen LogP contribution is 2.29. The second kappa shape index (κ2) is 5.61. The zero-order valence-corrected chi connectivity index (χ0v) is 11.8. The lowest BCUT2D eigenvalue weighted by Crippen LogP contribution is -2.41. The molecule has 0 radical (unpaired) electrons. The van der Waals surface area contributed by atoms with E-state index in [2.05, 4.69) is 24.1 Å². The highest BCUT2D eigenvalue weighted by atomic mass is 16.2. The summed E-state index contributed by atoms with van der Waals surface area (Å²) < 4.78 is 0. The monoisotopic (exact) mass is 261 g/mol. The number of piperidine rings is 1. The Morgan fingerprint density at radius 2 is 1.84 bits per heavy atom. The van der Waals surface area contributed by atoms with Crippen LogP contribution in [0.4, 0.5) is 11.4 Å². The zero-order valence-electron chi connectivity index (χ0n) is 11.8. The van der Waals surface area contributed by atoms with Gasteiger partial charge >= 0.3 is 0 Å². The Morgan fingerprint density at radius 3 is 2.42 bits per heavy atom. The van der Waals surface area contributed by atoms with Crippen molar-refractivity contribution in [3.8, 4) is 0 Å². The van der Waals surface area contributed by atoms with Gasteiger partial charge in [-0.15, -0.1) is 0 Å². The van der Waals surface area contributed by atoms with Crippen molar-refractivity contribution in [2.24, 2.45) is 5.41 Å². The minimum atomic E-state index is 0.0458. The number of carbonyl (C=O) groups is 1. The minimum Gasteiger partial charge on any atom is -0.399 e. The van der Waals surface area contributed by atoms with Gasteiger partial charge in [0, 0.05) is 11.4 Å². The molecule has 0 bridgehead atoms. The largest absolute Gasteiger partial charge is 0.399 e. The van der Waals surface area contributed by atoms with Crippen LogP contribution in [0.2, 0.25) is 0 Å². The number of nitrogens with zero attached hydrogens (tertiary/aromatic N) is 1. The SMILES string of the molecule is CC1(C)CCN(CC(=O)Nc2ccc(N)cc2)CC1. The van der Waals surface area contributed by atoms with Crippen LogP contribution in [0, 0.1) is 5.41 Å². The average Bonchev–Trinajstić information content (AvgIpc) is 2.35. The van der Waals surface area contributed by atoms with Gasteiger partial charge in [-0.05, 0) is 55.6 Å². The minimum absolute atomic E-state index is 0.0458. The number of hydrogen-bond donors (Lipinski definition) is 2. The quantitative estimate of drug-likeness (QED) is 0.821. The van der Waals surface area contributed by atoms with Crippen molar-refractivity contribution in [3.05, 3.63) is 24.3 Å². The first-order valence-electron chi connectivity index (χ1n) is 6.82. The van der Waals surface area contributed by atoms with Crippen molar-refractivity contribution in [2.45, 2.75) is 26.7 Å². The molecule has 104 valence electrons. The molecule has 4 heteroatoms. The van der Waals surface area contributed by atoms with Crippen molar-refractivity contribution in [2.75, 3.05) is 30.7 Å². The summed E-state index contributed by atoms with van der Waals surface area (Å²) in [7, 11) is 0. The summed E-state index contributed by atoms with van der Waals surface area (Å²) in [5.74, 6) is 0.0458. The van der Waals surface area contributed by atoms with Gasteiger partial charge in [-0.2, -0.15) is 0 Å². The lowest BCUT2D eigenvalue weighted by molar-refractivity contribution is -0.117. The van der Waals surface area contributed by atoms with Gasteiger partial charge in [-0.3, -0.25) is 9.69 Å². The summed E-state index contributed by atoms with van der Waals surface area (Å²) in [6.07, 6.45) is 2.31. The van der Waals surface area contributed by atoms with E-state index in [0.717, 1.165) is 31.6 Å². The molecule has 4 nitrogen and oxygen atoms in total. The first kappa shape index (κ1) is 13.9. The average molecular weight is 261 g/mol. The molecule has 1 aliphatic rings. The van der Waals surface area contributed by atoms with Crippen LogP contribution in [0.5, 0.6) is 0 Å². The fourth-order valence-corrected chi connectivity index (χ4v) is 2.29. The van der Waals surface area contributed by atoms with Crippen LogP contribution in [-0.4, -0.2) is 30.4 Å². The number of likely N-dealkylation sites (tertiary alicyclic amines) is 1. The first-order chi connectivity index (χ1) is 8.94. The topological polar surface area (TPSA) is 58.4 Å². The highest BCUT2D eigenvalue weighted by Gasteiger charge is 2.26. The van der Waals surface area contributed by atoms with Gasteiger partial charge in [0.15, 0.2) is 0 Å². The molecule has 1 aromatic carbocycles. The molecule has 0 spiro atoms. The Bertz CT molecular complexity index is 429. The Kier molecular flexibility index (Phi) is 4.10. The van der Waals surface area contributed by atoms with Gasteiger partial charge in [-0.1, -0.05) is 13.8 Å². The smallest absolute Gasteiger partial charge is 0.238 e. The van der Waals surface area contributed by atoms with E-state index >= 15 is 0 Å². The molecular weight excluding hydrogens is 238 g/mol.